The first-order valence-electron chi connectivity index (χ1n) is 9.19. The fourth-order valence-electron chi connectivity index (χ4n) is 4.48. The SMILES string of the molecule is CC1(C)S[C@@H]2[C@H]([C@H](O)c3nc4ccccc4n3C3CC3)C(=O)N2[C@H]1C(=O)O. The highest BCUT2D eigenvalue weighted by atomic mass is 32.2. The Labute approximate surface area is 160 Å². The number of hydrogen-bond donors (Lipinski definition) is 2. The number of rotatable bonds is 4. The molecule has 5 rings (SSSR count). The topological polar surface area (TPSA) is 95.7 Å². The third-order valence-electron chi connectivity index (χ3n) is 5.86. The predicted molar refractivity (Wildman–Crippen MR) is 100 cm³/mol. The Morgan fingerprint density at radius 1 is 1.33 bits per heavy atom. The third kappa shape index (κ3) is 2.29. The molecule has 4 atom stereocenters. The summed E-state index contributed by atoms with van der Waals surface area (Å²) in [6.07, 6.45) is 1.04. The van der Waals surface area contributed by atoms with Crippen LogP contribution in [0, 0.1) is 5.92 Å². The van der Waals surface area contributed by atoms with Crippen LogP contribution in [-0.2, 0) is 9.59 Å². The van der Waals surface area contributed by atoms with Crippen molar-refractivity contribution in [2.45, 2.75) is 55.0 Å². The van der Waals surface area contributed by atoms with E-state index in [0.29, 0.717) is 11.9 Å². The molecule has 2 saturated heterocycles. The van der Waals surface area contributed by atoms with Crippen molar-refractivity contribution in [1.82, 2.24) is 14.5 Å². The fraction of sp³-hybridized carbons (Fsp3) is 0.526. The van der Waals surface area contributed by atoms with Crippen LogP contribution in [0.1, 0.15) is 44.7 Å². The summed E-state index contributed by atoms with van der Waals surface area (Å²) in [6, 6.07) is 7.19. The predicted octanol–water partition coefficient (Wildman–Crippen LogP) is 2.17. The van der Waals surface area contributed by atoms with Crippen molar-refractivity contribution in [3.8, 4) is 0 Å². The molecule has 0 unspecified atom stereocenters. The van der Waals surface area contributed by atoms with E-state index in [1.807, 2.05) is 38.1 Å². The minimum Gasteiger partial charge on any atom is -0.480 e. The molecule has 1 aliphatic carbocycles. The Morgan fingerprint density at radius 2 is 2.04 bits per heavy atom. The molecular weight excluding hydrogens is 366 g/mol. The molecule has 1 aromatic carbocycles. The average Bonchev–Trinajstić information content (AvgIpc) is 3.32. The lowest BCUT2D eigenvalue weighted by atomic mass is 9.87. The Morgan fingerprint density at radius 3 is 2.70 bits per heavy atom. The van der Waals surface area contributed by atoms with E-state index in [0.717, 1.165) is 23.9 Å². The number of thioether (sulfide) groups is 1. The fourth-order valence-corrected chi connectivity index (χ4v) is 6.20. The number of aromatic nitrogens is 2. The van der Waals surface area contributed by atoms with E-state index in [1.165, 1.54) is 16.7 Å². The van der Waals surface area contributed by atoms with Crippen molar-refractivity contribution in [1.29, 1.82) is 0 Å². The number of para-hydroxylation sites is 2. The number of β-lactam (4-membered cyclic amide) rings is 1. The van der Waals surface area contributed by atoms with Crippen LogP contribution in [0.2, 0.25) is 0 Å². The normalized spacial score (nSPS) is 30.3. The number of benzene rings is 1. The second kappa shape index (κ2) is 5.48. The summed E-state index contributed by atoms with van der Waals surface area (Å²) in [5.41, 5.74) is 1.78. The summed E-state index contributed by atoms with van der Waals surface area (Å²) in [5, 5.41) is 20.3. The Kier molecular flexibility index (Phi) is 3.46. The van der Waals surface area contributed by atoms with E-state index in [9.17, 15) is 19.8 Å². The summed E-state index contributed by atoms with van der Waals surface area (Å²) in [4.78, 5) is 30.6. The standard InChI is InChI=1S/C19H21N3O4S/c1-19(2)14(18(25)26)22-16(24)12(17(22)27-19)13(23)15-20-10-5-3-4-6-11(10)21(15)9-7-8-9/h3-6,9,12-14,17,23H,7-8H2,1-2H3,(H,25,26)/t12-,13+,14+,17-/m1/s1. The van der Waals surface area contributed by atoms with Gasteiger partial charge in [0.1, 0.15) is 23.9 Å². The highest BCUT2D eigenvalue weighted by Gasteiger charge is 2.65. The Hall–Kier alpha value is -2.06. The van der Waals surface area contributed by atoms with Gasteiger partial charge in [-0.1, -0.05) is 12.1 Å². The number of aliphatic hydroxyl groups excluding tert-OH is 1. The number of aliphatic hydroxyl groups is 1. The summed E-state index contributed by atoms with van der Waals surface area (Å²) in [5.74, 6) is -1.43. The average molecular weight is 387 g/mol. The summed E-state index contributed by atoms with van der Waals surface area (Å²) < 4.78 is 1.46. The second-order valence-corrected chi connectivity index (χ2v) is 9.90. The molecule has 3 fully saturated rings. The molecule has 142 valence electrons. The summed E-state index contributed by atoms with van der Waals surface area (Å²) >= 11 is 1.45. The van der Waals surface area contributed by atoms with E-state index in [2.05, 4.69) is 9.55 Å². The van der Waals surface area contributed by atoms with Gasteiger partial charge in [-0.15, -0.1) is 11.8 Å². The number of carboxylic acids is 1. The number of imidazole rings is 1. The van der Waals surface area contributed by atoms with E-state index >= 15 is 0 Å². The molecule has 2 aliphatic heterocycles. The first kappa shape index (κ1) is 17.1. The largest absolute Gasteiger partial charge is 0.480 e. The lowest BCUT2D eigenvalue weighted by Gasteiger charge is -2.45. The number of nitrogens with zero attached hydrogens (tertiary/aromatic N) is 3. The molecule has 8 heteroatoms. The van der Waals surface area contributed by atoms with Crippen molar-refractivity contribution in [2.75, 3.05) is 0 Å². The number of amides is 1. The van der Waals surface area contributed by atoms with Gasteiger partial charge in [0.15, 0.2) is 0 Å². The molecule has 0 bridgehead atoms. The molecule has 0 spiro atoms. The maximum atomic E-state index is 12.8. The van der Waals surface area contributed by atoms with Crippen LogP contribution in [0.3, 0.4) is 0 Å². The van der Waals surface area contributed by atoms with E-state index in [1.54, 1.807) is 0 Å². The van der Waals surface area contributed by atoms with E-state index in [-0.39, 0.29) is 11.3 Å². The number of carbonyl (C=O) groups is 2. The highest BCUT2D eigenvalue weighted by molar-refractivity contribution is 8.01. The minimum atomic E-state index is -1.04. The van der Waals surface area contributed by atoms with Gasteiger partial charge in [-0.2, -0.15) is 0 Å². The Balaban J connectivity index is 1.52. The highest BCUT2D eigenvalue weighted by Crippen LogP contribution is 2.56. The van der Waals surface area contributed by atoms with Crippen LogP contribution >= 0.6 is 11.8 Å². The van der Waals surface area contributed by atoms with Gasteiger partial charge in [-0.3, -0.25) is 4.79 Å². The number of fused-ring (bicyclic) bond motifs is 2. The molecular formula is C19H21N3O4S. The van der Waals surface area contributed by atoms with Gasteiger partial charge in [0, 0.05) is 10.8 Å². The Bertz CT molecular complexity index is 967. The number of aliphatic carboxylic acids is 1. The molecule has 3 aliphatic rings. The molecule has 2 N–H and O–H groups in total. The van der Waals surface area contributed by atoms with Crippen LogP contribution in [0.5, 0.6) is 0 Å². The molecule has 1 saturated carbocycles. The van der Waals surface area contributed by atoms with Gasteiger partial charge < -0.3 is 19.7 Å². The van der Waals surface area contributed by atoms with Gasteiger partial charge in [0.25, 0.3) is 0 Å². The van der Waals surface area contributed by atoms with Crippen molar-refractivity contribution in [3.05, 3.63) is 30.1 Å². The van der Waals surface area contributed by atoms with Crippen LogP contribution in [0.4, 0.5) is 0 Å². The van der Waals surface area contributed by atoms with Gasteiger partial charge in [0.05, 0.1) is 16.4 Å². The van der Waals surface area contributed by atoms with Gasteiger partial charge in [-0.25, -0.2) is 9.78 Å². The van der Waals surface area contributed by atoms with Crippen molar-refractivity contribution >= 4 is 34.7 Å². The first-order chi connectivity index (χ1) is 12.8. The van der Waals surface area contributed by atoms with Crippen molar-refractivity contribution in [3.63, 3.8) is 0 Å². The lowest BCUT2D eigenvalue weighted by molar-refractivity contribution is -0.169. The zero-order valence-electron chi connectivity index (χ0n) is 15.1. The molecule has 7 nitrogen and oxygen atoms in total. The van der Waals surface area contributed by atoms with Gasteiger partial charge in [0.2, 0.25) is 5.91 Å². The number of carbonyl (C=O) groups excluding carboxylic acids is 1. The third-order valence-corrected chi connectivity index (χ3v) is 7.45. The quantitative estimate of drug-likeness (QED) is 0.781. The van der Waals surface area contributed by atoms with E-state index in [4.69, 9.17) is 0 Å². The van der Waals surface area contributed by atoms with Crippen molar-refractivity contribution in [2.24, 2.45) is 5.92 Å². The van der Waals surface area contributed by atoms with Gasteiger partial charge in [-0.05, 0) is 38.8 Å². The monoisotopic (exact) mass is 387 g/mol. The first-order valence-corrected chi connectivity index (χ1v) is 10.1. The molecule has 2 aromatic rings. The zero-order valence-corrected chi connectivity index (χ0v) is 15.9. The van der Waals surface area contributed by atoms with Crippen LogP contribution in [0.15, 0.2) is 24.3 Å². The molecule has 27 heavy (non-hydrogen) atoms. The number of carboxylic acid groups (broad SMARTS) is 1. The smallest absolute Gasteiger partial charge is 0.327 e. The number of hydrogen-bond acceptors (Lipinski definition) is 5. The second-order valence-electron chi connectivity index (χ2n) is 8.13. The molecule has 1 amide bonds. The van der Waals surface area contributed by atoms with Crippen molar-refractivity contribution < 1.29 is 19.8 Å². The van der Waals surface area contributed by atoms with E-state index < -0.39 is 28.8 Å². The molecule has 1 aromatic heterocycles. The van der Waals surface area contributed by atoms with Crippen LogP contribution < -0.4 is 0 Å². The van der Waals surface area contributed by atoms with Gasteiger partial charge >= 0.3 is 5.97 Å². The zero-order chi connectivity index (χ0) is 19.1. The van der Waals surface area contributed by atoms with Crippen LogP contribution in [-0.4, -0.2) is 52.7 Å². The molecule has 0 radical (unpaired) electrons. The summed E-state index contributed by atoms with van der Waals surface area (Å²) in [7, 11) is 0. The van der Waals surface area contributed by atoms with Crippen LogP contribution in [0.25, 0.3) is 11.0 Å². The maximum absolute atomic E-state index is 12.8. The molecule has 3 heterocycles. The lowest BCUT2D eigenvalue weighted by Crippen LogP contribution is -2.64. The maximum Gasteiger partial charge on any atom is 0.327 e. The summed E-state index contributed by atoms with van der Waals surface area (Å²) in [6.45, 7) is 3.68. The minimum absolute atomic E-state index is 0.299.